The highest BCUT2D eigenvalue weighted by molar-refractivity contribution is 4.83. The molecule has 2 aliphatic rings. The minimum atomic E-state index is 0.887. The van der Waals surface area contributed by atoms with Crippen LogP contribution in [-0.4, -0.2) is 48.6 Å². The van der Waals surface area contributed by atoms with Crippen LogP contribution in [0.4, 0.5) is 0 Å². The molecule has 0 bridgehead atoms. The summed E-state index contributed by atoms with van der Waals surface area (Å²) in [6.07, 6.45) is 9.87. The Labute approximate surface area is 126 Å². The van der Waals surface area contributed by atoms with Crippen molar-refractivity contribution in [1.82, 2.24) is 9.80 Å². The highest BCUT2D eigenvalue weighted by Crippen LogP contribution is 2.28. The summed E-state index contributed by atoms with van der Waals surface area (Å²) >= 11 is 0. The Balaban J connectivity index is 1.64. The molecule has 0 aromatic carbocycles. The van der Waals surface area contributed by atoms with Crippen LogP contribution >= 0.6 is 0 Å². The normalized spacial score (nSPS) is 24.6. The van der Waals surface area contributed by atoms with E-state index in [1.165, 1.54) is 77.7 Å². The van der Waals surface area contributed by atoms with Crippen LogP contribution in [0.1, 0.15) is 65.7 Å². The Morgan fingerprint density at radius 1 is 0.900 bits per heavy atom. The van der Waals surface area contributed by atoms with Crippen LogP contribution in [0, 0.1) is 11.8 Å². The smallest absolute Gasteiger partial charge is 0.0120 e. The summed E-state index contributed by atoms with van der Waals surface area (Å²) in [7, 11) is 0. The van der Waals surface area contributed by atoms with E-state index >= 15 is 0 Å². The highest BCUT2D eigenvalue weighted by atomic mass is 15.2. The average Bonchev–Trinajstić information content (AvgIpc) is 2.48. The van der Waals surface area contributed by atoms with E-state index in [1.807, 2.05) is 0 Å². The van der Waals surface area contributed by atoms with Gasteiger partial charge in [-0.3, -0.25) is 0 Å². The maximum absolute atomic E-state index is 2.81. The first-order valence-electron chi connectivity index (χ1n) is 9.17. The van der Waals surface area contributed by atoms with Gasteiger partial charge in [-0.25, -0.2) is 0 Å². The van der Waals surface area contributed by atoms with Gasteiger partial charge in [0, 0.05) is 6.04 Å². The van der Waals surface area contributed by atoms with Gasteiger partial charge in [-0.2, -0.15) is 0 Å². The summed E-state index contributed by atoms with van der Waals surface area (Å²) in [5, 5.41) is 0. The van der Waals surface area contributed by atoms with Gasteiger partial charge in [-0.05, 0) is 76.7 Å². The van der Waals surface area contributed by atoms with Gasteiger partial charge >= 0.3 is 0 Å². The van der Waals surface area contributed by atoms with Crippen LogP contribution in [-0.2, 0) is 0 Å². The molecule has 2 nitrogen and oxygen atoms in total. The van der Waals surface area contributed by atoms with Gasteiger partial charge < -0.3 is 9.80 Å². The van der Waals surface area contributed by atoms with E-state index in [0.717, 1.165) is 17.9 Å². The van der Waals surface area contributed by atoms with E-state index in [1.54, 1.807) is 0 Å². The SMILES string of the molecule is CCCCCN1CCC(N2CCC(C(C)C)CC2)CC1. The van der Waals surface area contributed by atoms with Crippen LogP contribution in [0.5, 0.6) is 0 Å². The van der Waals surface area contributed by atoms with E-state index in [2.05, 4.69) is 30.6 Å². The monoisotopic (exact) mass is 280 g/mol. The molecule has 0 unspecified atom stereocenters. The number of nitrogens with zero attached hydrogens (tertiary/aromatic N) is 2. The first kappa shape index (κ1) is 16.3. The van der Waals surface area contributed by atoms with Crippen molar-refractivity contribution in [2.24, 2.45) is 11.8 Å². The standard InChI is InChI=1S/C18H36N2/c1-4-5-6-11-19-12-9-18(10-13-19)20-14-7-17(8-15-20)16(2)3/h16-18H,4-15H2,1-3H3. The molecular formula is C18H36N2. The largest absolute Gasteiger partial charge is 0.303 e. The van der Waals surface area contributed by atoms with Gasteiger partial charge in [0.05, 0.1) is 0 Å². The summed E-state index contributed by atoms with van der Waals surface area (Å²) in [4.78, 5) is 5.51. The van der Waals surface area contributed by atoms with E-state index in [0.29, 0.717) is 0 Å². The molecule has 0 N–H and O–H groups in total. The molecule has 20 heavy (non-hydrogen) atoms. The third-order valence-electron chi connectivity index (χ3n) is 5.67. The fourth-order valence-corrected chi connectivity index (χ4v) is 4.04. The molecule has 0 saturated carbocycles. The van der Waals surface area contributed by atoms with E-state index in [-0.39, 0.29) is 0 Å². The van der Waals surface area contributed by atoms with Crippen molar-refractivity contribution >= 4 is 0 Å². The van der Waals surface area contributed by atoms with Crippen molar-refractivity contribution in [2.75, 3.05) is 32.7 Å². The topological polar surface area (TPSA) is 6.48 Å². The minimum Gasteiger partial charge on any atom is -0.303 e. The number of rotatable bonds is 6. The quantitative estimate of drug-likeness (QED) is 0.678. The van der Waals surface area contributed by atoms with Crippen molar-refractivity contribution in [3.05, 3.63) is 0 Å². The van der Waals surface area contributed by atoms with E-state index < -0.39 is 0 Å². The summed E-state index contributed by atoms with van der Waals surface area (Å²) in [5.74, 6) is 1.87. The van der Waals surface area contributed by atoms with Gasteiger partial charge in [-0.1, -0.05) is 33.6 Å². The molecule has 0 aromatic rings. The van der Waals surface area contributed by atoms with Crippen molar-refractivity contribution < 1.29 is 0 Å². The zero-order valence-electron chi connectivity index (χ0n) is 14.1. The molecule has 2 aliphatic heterocycles. The van der Waals surface area contributed by atoms with Crippen LogP contribution < -0.4 is 0 Å². The maximum Gasteiger partial charge on any atom is 0.0120 e. The van der Waals surface area contributed by atoms with Gasteiger partial charge in [0.2, 0.25) is 0 Å². The summed E-state index contributed by atoms with van der Waals surface area (Å²) < 4.78 is 0. The lowest BCUT2D eigenvalue weighted by atomic mass is 9.85. The molecule has 0 amide bonds. The molecule has 2 fully saturated rings. The predicted molar refractivity (Wildman–Crippen MR) is 88.1 cm³/mol. The van der Waals surface area contributed by atoms with Crippen molar-refractivity contribution in [3.8, 4) is 0 Å². The molecule has 0 spiro atoms. The lowest BCUT2D eigenvalue weighted by Crippen LogP contribution is -2.48. The number of hydrogen-bond donors (Lipinski definition) is 0. The first-order chi connectivity index (χ1) is 9.70. The number of likely N-dealkylation sites (tertiary alicyclic amines) is 2. The lowest BCUT2D eigenvalue weighted by molar-refractivity contribution is 0.0687. The molecule has 2 heteroatoms. The first-order valence-corrected chi connectivity index (χ1v) is 9.17. The molecule has 2 saturated heterocycles. The Morgan fingerprint density at radius 2 is 1.55 bits per heavy atom. The molecule has 0 atom stereocenters. The van der Waals surface area contributed by atoms with E-state index in [4.69, 9.17) is 0 Å². The summed E-state index contributed by atoms with van der Waals surface area (Å²) in [6, 6.07) is 0.894. The molecule has 0 radical (unpaired) electrons. The Kier molecular flexibility index (Phi) is 6.83. The highest BCUT2D eigenvalue weighted by Gasteiger charge is 2.28. The van der Waals surface area contributed by atoms with E-state index in [9.17, 15) is 0 Å². The predicted octanol–water partition coefficient (Wildman–Crippen LogP) is 4.01. The number of piperidine rings is 2. The van der Waals surface area contributed by atoms with Crippen LogP contribution in [0.15, 0.2) is 0 Å². The Bertz CT molecular complexity index is 248. The third kappa shape index (κ3) is 4.73. The molecule has 0 aromatic heterocycles. The minimum absolute atomic E-state index is 0.887. The fourth-order valence-electron chi connectivity index (χ4n) is 4.04. The lowest BCUT2D eigenvalue weighted by Gasteiger charge is -2.42. The molecule has 118 valence electrons. The Morgan fingerprint density at radius 3 is 2.10 bits per heavy atom. The number of hydrogen-bond acceptors (Lipinski definition) is 2. The number of unbranched alkanes of at least 4 members (excludes halogenated alkanes) is 2. The average molecular weight is 280 g/mol. The molecule has 2 rings (SSSR count). The zero-order chi connectivity index (χ0) is 14.4. The zero-order valence-corrected chi connectivity index (χ0v) is 14.1. The Hall–Kier alpha value is -0.0800. The fraction of sp³-hybridized carbons (Fsp3) is 1.00. The van der Waals surface area contributed by atoms with Crippen molar-refractivity contribution in [3.63, 3.8) is 0 Å². The van der Waals surface area contributed by atoms with Gasteiger partial charge in [0.1, 0.15) is 0 Å². The van der Waals surface area contributed by atoms with Crippen LogP contribution in [0.25, 0.3) is 0 Å². The van der Waals surface area contributed by atoms with Gasteiger partial charge in [0.15, 0.2) is 0 Å². The van der Waals surface area contributed by atoms with Crippen molar-refractivity contribution in [2.45, 2.75) is 71.8 Å². The second-order valence-electron chi connectivity index (χ2n) is 7.40. The molecular weight excluding hydrogens is 244 g/mol. The summed E-state index contributed by atoms with van der Waals surface area (Å²) in [5.41, 5.74) is 0. The van der Waals surface area contributed by atoms with Crippen molar-refractivity contribution in [1.29, 1.82) is 0 Å². The second-order valence-corrected chi connectivity index (χ2v) is 7.40. The maximum atomic E-state index is 2.81. The molecule has 0 aliphatic carbocycles. The van der Waals surface area contributed by atoms with Crippen LogP contribution in [0.2, 0.25) is 0 Å². The summed E-state index contributed by atoms with van der Waals surface area (Å²) in [6.45, 7) is 13.9. The van der Waals surface area contributed by atoms with Gasteiger partial charge in [-0.15, -0.1) is 0 Å². The van der Waals surface area contributed by atoms with Gasteiger partial charge in [0.25, 0.3) is 0 Å². The third-order valence-corrected chi connectivity index (χ3v) is 5.67. The second kappa shape index (κ2) is 8.38. The van der Waals surface area contributed by atoms with Crippen LogP contribution in [0.3, 0.4) is 0 Å². The molecule has 2 heterocycles.